The minimum atomic E-state index is -0.0684. The second kappa shape index (κ2) is 5.96. The number of benzene rings is 2. The summed E-state index contributed by atoms with van der Waals surface area (Å²) >= 11 is 3.46. The third-order valence-corrected chi connectivity index (χ3v) is 4.42. The minimum absolute atomic E-state index is 0.0684. The Morgan fingerprint density at radius 1 is 1.00 bits per heavy atom. The predicted molar refractivity (Wildman–Crippen MR) is 83.9 cm³/mol. The monoisotopic (exact) mass is 332 g/mol. The predicted octanol–water partition coefficient (Wildman–Crippen LogP) is 5.09. The highest BCUT2D eigenvalue weighted by molar-refractivity contribution is 9.10. The highest BCUT2D eigenvalue weighted by atomic mass is 79.9. The summed E-state index contributed by atoms with van der Waals surface area (Å²) in [5.41, 5.74) is 0. The first-order chi connectivity index (χ1) is 9.72. The summed E-state index contributed by atoms with van der Waals surface area (Å²) in [7, 11) is 0. The van der Waals surface area contributed by atoms with Crippen LogP contribution in [0.5, 0.6) is 5.75 Å². The van der Waals surface area contributed by atoms with Crippen LogP contribution in [0.4, 0.5) is 0 Å². The maximum absolute atomic E-state index is 12.1. The first kappa shape index (κ1) is 13.6. The molecule has 1 aliphatic rings. The van der Waals surface area contributed by atoms with Crippen molar-refractivity contribution in [1.29, 1.82) is 0 Å². The summed E-state index contributed by atoms with van der Waals surface area (Å²) in [5.74, 6) is 0.668. The molecule has 2 aromatic carbocycles. The smallest absolute Gasteiger partial charge is 0.314 e. The van der Waals surface area contributed by atoms with Gasteiger partial charge in [-0.1, -0.05) is 47.3 Å². The molecule has 0 unspecified atom stereocenters. The maximum Gasteiger partial charge on any atom is 0.314 e. The second-order valence-electron chi connectivity index (χ2n) is 5.41. The number of ether oxygens (including phenoxy) is 1. The van der Waals surface area contributed by atoms with Crippen molar-refractivity contribution in [2.45, 2.75) is 32.1 Å². The largest absolute Gasteiger partial charge is 0.426 e. The molecule has 0 heterocycles. The molecule has 0 aliphatic heterocycles. The zero-order valence-electron chi connectivity index (χ0n) is 11.3. The van der Waals surface area contributed by atoms with Crippen molar-refractivity contribution < 1.29 is 9.53 Å². The van der Waals surface area contributed by atoms with E-state index in [0.717, 1.165) is 40.9 Å². The fraction of sp³-hybridized carbons (Fsp3) is 0.353. The van der Waals surface area contributed by atoms with E-state index in [2.05, 4.69) is 22.0 Å². The van der Waals surface area contributed by atoms with Crippen LogP contribution in [0, 0.1) is 5.92 Å². The zero-order valence-corrected chi connectivity index (χ0v) is 12.9. The highest BCUT2D eigenvalue weighted by Crippen LogP contribution is 2.28. The molecule has 1 saturated carbocycles. The molecule has 0 bridgehead atoms. The number of carbonyl (C=O) groups excluding carboxylic acids is 1. The van der Waals surface area contributed by atoms with Crippen molar-refractivity contribution >= 4 is 32.7 Å². The van der Waals surface area contributed by atoms with Gasteiger partial charge in [-0.05, 0) is 47.9 Å². The normalized spacial score (nSPS) is 16.2. The van der Waals surface area contributed by atoms with Gasteiger partial charge in [0.1, 0.15) is 5.75 Å². The molecular formula is C17H17BrO2. The molecule has 0 spiro atoms. The van der Waals surface area contributed by atoms with E-state index in [4.69, 9.17) is 4.74 Å². The molecule has 0 N–H and O–H groups in total. The molecule has 0 atom stereocenters. The summed E-state index contributed by atoms with van der Waals surface area (Å²) in [6.07, 6.45) is 5.48. The molecule has 2 aromatic rings. The van der Waals surface area contributed by atoms with Crippen molar-refractivity contribution in [3.63, 3.8) is 0 Å². The third kappa shape index (κ3) is 3.04. The van der Waals surface area contributed by atoms with Crippen molar-refractivity contribution in [3.05, 3.63) is 40.9 Å². The summed E-state index contributed by atoms with van der Waals surface area (Å²) < 4.78 is 6.59. The van der Waals surface area contributed by atoms with E-state index in [1.54, 1.807) is 0 Å². The van der Waals surface area contributed by atoms with Crippen molar-refractivity contribution in [1.82, 2.24) is 0 Å². The average molecular weight is 333 g/mol. The Kier molecular flexibility index (Phi) is 4.06. The second-order valence-corrected chi connectivity index (χ2v) is 6.32. The molecule has 3 heteroatoms. The van der Waals surface area contributed by atoms with Crippen LogP contribution in [0.25, 0.3) is 10.8 Å². The van der Waals surface area contributed by atoms with Crippen LogP contribution in [0.3, 0.4) is 0 Å². The van der Waals surface area contributed by atoms with Gasteiger partial charge < -0.3 is 4.74 Å². The van der Waals surface area contributed by atoms with Crippen LogP contribution in [-0.2, 0) is 4.79 Å². The molecule has 0 aromatic heterocycles. The van der Waals surface area contributed by atoms with Gasteiger partial charge >= 0.3 is 5.97 Å². The average Bonchev–Trinajstić information content (AvgIpc) is 2.48. The molecule has 20 heavy (non-hydrogen) atoms. The lowest BCUT2D eigenvalue weighted by molar-refractivity contribution is -0.139. The third-order valence-electron chi connectivity index (χ3n) is 3.93. The molecule has 1 fully saturated rings. The summed E-state index contributed by atoms with van der Waals surface area (Å²) in [4.78, 5) is 12.1. The molecule has 0 amide bonds. The molecule has 3 rings (SSSR count). The lowest BCUT2D eigenvalue weighted by Gasteiger charge is -2.19. The quantitative estimate of drug-likeness (QED) is 0.565. The van der Waals surface area contributed by atoms with E-state index in [0.29, 0.717) is 5.75 Å². The van der Waals surface area contributed by atoms with E-state index in [1.165, 1.54) is 6.42 Å². The lowest BCUT2D eigenvalue weighted by Crippen LogP contribution is -2.22. The Labute approximate surface area is 127 Å². The van der Waals surface area contributed by atoms with Gasteiger partial charge in [-0.2, -0.15) is 0 Å². The Hall–Kier alpha value is -1.35. The number of carbonyl (C=O) groups is 1. The molecular weight excluding hydrogens is 316 g/mol. The fourth-order valence-corrected chi connectivity index (χ4v) is 3.17. The number of hydrogen-bond acceptors (Lipinski definition) is 2. The zero-order chi connectivity index (χ0) is 13.9. The van der Waals surface area contributed by atoms with Gasteiger partial charge in [0.2, 0.25) is 0 Å². The van der Waals surface area contributed by atoms with Crippen molar-refractivity contribution in [2.24, 2.45) is 5.92 Å². The first-order valence-electron chi connectivity index (χ1n) is 7.13. The van der Waals surface area contributed by atoms with E-state index in [9.17, 15) is 4.79 Å². The van der Waals surface area contributed by atoms with Gasteiger partial charge in [0, 0.05) is 4.47 Å². The van der Waals surface area contributed by atoms with Crippen LogP contribution in [0.1, 0.15) is 32.1 Å². The number of hydrogen-bond donors (Lipinski definition) is 0. The van der Waals surface area contributed by atoms with Gasteiger partial charge in [0.15, 0.2) is 0 Å². The van der Waals surface area contributed by atoms with Crippen LogP contribution < -0.4 is 4.74 Å². The SMILES string of the molecule is O=C(Oc1ccc2cc(Br)ccc2c1)C1CCCCC1. The van der Waals surface area contributed by atoms with E-state index in [-0.39, 0.29) is 11.9 Å². The lowest BCUT2D eigenvalue weighted by atomic mass is 9.89. The standard InChI is InChI=1S/C17H17BrO2/c18-15-8-6-14-11-16(9-7-13(14)10-15)20-17(19)12-4-2-1-3-5-12/h6-12H,1-5H2. The molecule has 0 radical (unpaired) electrons. The van der Waals surface area contributed by atoms with Gasteiger partial charge in [-0.15, -0.1) is 0 Å². The van der Waals surface area contributed by atoms with Gasteiger partial charge in [0.25, 0.3) is 0 Å². The van der Waals surface area contributed by atoms with Gasteiger partial charge in [0.05, 0.1) is 5.92 Å². The molecule has 2 nitrogen and oxygen atoms in total. The number of esters is 1. The number of halogens is 1. The Bertz CT molecular complexity index is 630. The summed E-state index contributed by atoms with van der Waals surface area (Å²) in [6, 6.07) is 11.9. The summed E-state index contributed by atoms with van der Waals surface area (Å²) in [6.45, 7) is 0. The Morgan fingerprint density at radius 2 is 1.70 bits per heavy atom. The fourth-order valence-electron chi connectivity index (χ4n) is 2.80. The molecule has 1 aliphatic carbocycles. The van der Waals surface area contributed by atoms with Crippen LogP contribution >= 0.6 is 15.9 Å². The Balaban J connectivity index is 1.76. The van der Waals surface area contributed by atoms with Crippen molar-refractivity contribution in [2.75, 3.05) is 0 Å². The van der Waals surface area contributed by atoms with E-state index >= 15 is 0 Å². The highest BCUT2D eigenvalue weighted by Gasteiger charge is 2.22. The first-order valence-corrected chi connectivity index (χ1v) is 7.93. The number of fused-ring (bicyclic) bond motifs is 1. The summed E-state index contributed by atoms with van der Waals surface area (Å²) in [5, 5.41) is 2.22. The van der Waals surface area contributed by atoms with Gasteiger partial charge in [-0.3, -0.25) is 4.79 Å². The Morgan fingerprint density at radius 3 is 2.50 bits per heavy atom. The van der Waals surface area contributed by atoms with Crippen molar-refractivity contribution in [3.8, 4) is 5.75 Å². The van der Waals surface area contributed by atoms with Crippen LogP contribution in [-0.4, -0.2) is 5.97 Å². The minimum Gasteiger partial charge on any atom is -0.426 e. The topological polar surface area (TPSA) is 26.3 Å². The maximum atomic E-state index is 12.1. The molecule has 104 valence electrons. The van der Waals surface area contributed by atoms with E-state index < -0.39 is 0 Å². The van der Waals surface area contributed by atoms with Gasteiger partial charge in [-0.25, -0.2) is 0 Å². The van der Waals surface area contributed by atoms with Crippen LogP contribution in [0.15, 0.2) is 40.9 Å². The number of rotatable bonds is 2. The van der Waals surface area contributed by atoms with E-state index in [1.807, 2.05) is 30.3 Å². The van der Waals surface area contributed by atoms with Crippen LogP contribution in [0.2, 0.25) is 0 Å². The molecule has 0 saturated heterocycles.